The van der Waals surface area contributed by atoms with Crippen molar-refractivity contribution in [3.05, 3.63) is 42.6 Å². The fourth-order valence-electron chi connectivity index (χ4n) is 5.58. The molecule has 10 nitrogen and oxygen atoms in total. The van der Waals surface area contributed by atoms with Crippen molar-refractivity contribution in [2.75, 3.05) is 24.7 Å². The third-order valence-electron chi connectivity index (χ3n) is 7.37. The number of fused-ring (bicyclic) bond motifs is 4. The number of hydrogen-bond acceptors (Lipinski definition) is 9. The maximum atomic E-state index is 13.8. The standard InChI is InChI=1S/C26H25F2N7O3/c1-14-10-16(37-26-31-18-11-29-13-30-24(18)35(26)15-6-8-36-9-7-15)12-34(14)25-21-20(32-23(33-25)22(27)28)17-4-2-3-5-19(17)38-21/h2-5,11,13-16,22H,6-10,12H2,1H3/t14-,16+/m1/s1. The zero-order chi connectivity index (χ0) is 25.8. The molecule has 2 aliphatic rings. The summed E-state index contributed by atoms with van der Waals surface area (Å²) in [5.74, 6) is -0.167. The first kappa shape index (κ1) is 23.2. The van der Waals surface area contributed by atoms with Gasteiger partial charge in [0.1, 0.15) is 29.0 Å². The summed E-state index contributed by atoms with van der Waals surface area (Å²) in [6.07, 6.45) is 2.45. The highest BCUT2D eigenvalue weighted by molar-refractivity contribution is 6.05. The molecule has 0 radical (unpaired) electrons. The summed E-state index contributed by atoms with van der Waals surface area (Å²) < 4.78 is 47.8. The molecule has 0 N–H and O–H groups in total. The van der Waals surface area contributed by atoms with Gasteiger partial charge in [-0.25, -0.2) is 28.7 Å². The van der Waals surface area contributed by atoms with Crippen LogP contribution in [0, 0.1) is 0 Å². The molecule has 0 aliphatic carbocycles. The first-order valence-electron chi connectivity index (χ1n) is 12.7. The van der Waals surface area contributed by atoms with Crippen LogP contribution in [0.3, 0.4) is 0 Å². The molecule has 0 saturated carbocycles. The fourth-order valence-corrected chi connectivity index (χ4v) is 5.58. The monoisotopic (exact) mass is 521 g/mol. The predicted molar refractivity (Wildman–Crippen MR) is 135 cm³/mol. The summed E-state index contributed by atoms with van der Waals surface area (Å²) in [5, 5.41) is 0.680. The Labute approximate surface area is 215 Å². The van der Waals surface area contributed by atoms with Crippen LogP contribution in [0.4, 0.5) is 14.6 Å². The van der Waals surface area contributed by atoms with E-state index in [1.807, 2.05) is 34.6 Å². The molecule has 0 spiro atoms. The van der Waals surface area contributed by atoms with Crippen LogP contribution < -0.4 is 9.64 Å². The molecule has 4 aromatic heterocycles. The number of nitrogens with zero attached hydrogens (tertiary/aromatic N) is 7. The van der Waals surface area contributed by atoms with Gasteiger partial charge in [0.25, 0.3) is 12.4 Å². The highest BCUT2D eigenvalue weighted by Gasteiger charge is 2.36. The van der Waals surface area contributed by atoms with Crippen LogP contribution in [0.1, 0.15) is 44.5 Å². The average Bonchev–Trinajstić information content (AvgIpc) is 3.61. The Morgan fingerprint density at radius 3 is 2.79 bits per heavy atom. The minimum atomic E-state index is -2.81. The molecule has 1 aromatic carbocycles. The van der Waals surface area contributed by atoms with Crippen LogP contribution in [0.2, 0.25) is 0 Å². The minimum absolute atomic E-state index is 0.0439. The first-order valence-corrected chi connectivity index (χ1v) is 12.7. The van der Waals surface area contributed by atoms with Gasteiger partial charge in [-0.1, -0.05) is 12.1 Å². The molecule has 0 amide bonds. The fraction of sp³-hybridized carbons (Fsp3) is 0.423. The largest absolute Gasteiger partial charge is 0.459 e. The third kappa shape index (κ3) is 3.82. The Hall–Kier alpha value is -3.93. The van der Waals surface area contributed by atoms with Crippen molar-refractivity contribution in [3.8, 4) is 6.01 Å². The number of imidazole rings is 1. The van der Waals surface area contributed by atoms with E-state index in [2.05, 4.69) is 19.9 Å². The van der Waals surface area contributed by atoms with E-state index in [0.29, 0.717) is 65.6 Å². The van der Waals surface area contributed by atoms with Crippen molar-refractivity contribution in [2.24, 2.45) is 0 Å². The van der Waals surface area contributed by atoms with Gasteiger partial charge < -0.3 is 18.8 Å². The van der Waals surface area contributed by atoms with Crippen LogP contribution in [0.5, 0.6) is 6.01 Å². The lowest BCUT2D eigenvalue weighted by atomic mass is 10.1. The number of alkyl halides is 2. The minimum Gasteiger partial charge on any atom is -0.459 e. The number of hydrogen-bond donors (Lipinski definition) is 0. The molecular formula is C26H25F2N7O3. The molecule has 196 valence electrons. The first-order chi connectivity index (χ1) is 18.6. The smallest absolute Gasteiger partial charge is 0.299 e. The zero-order valence-electron chi connectivity index (χ0n) is 20.6. The quantitative estimate of drug-likeness (QED) is 0.321. The highest BCUT2D eigenvalue weighted by Crippen LogP contribution is 2.38. The third-order valence-corrected chi connectivity index (χ3v) is 7.37. The van der Waals surface area contributed by atoms with Gasteiger partial charge in [0.2, 0.25) is 0 Å². The number of benzene rings is 1. The van der Waals surface area contributed by atoms with E-state index in [-0.39, 0.29) is 18.2 Å². The van der Waals surface area contributed by atoms with Gasteiger partial charge in [-0.2, -0.15) is 4.98 Å². The number of aromatic nitrogens is 6. The van der Waals surface area contributed by atoms with Gasteiger partial charge in [0, 0.05) is 37.1 Å². The molecule has 0 bridgehead atoms. The summed E-state index contributed by atoms with van der Waals surface area (Å²) in [4.78, 5) is 23.7. The maximum Gasteiger partial charge on any atom is 0.299 e. The van der Waals surface area contributed by atoms with E-state index in [0.717, 1.165) is 18.5 Å². The van der Waals surface area contributed by atoms with E-state index >= 15 is 0 Å². The van der Waals surface area contributed by atoms with Crippen LogP contribution in [-0.4, -0.2) is 61.4 Å². The van der Waals surface area contributed by atoms with Crippen molar-refractivity contribution in [1.82, 2.24) is 29.5 Å². The molecule has 0 unspecified atom stereocenters. The second kappa shape index (κ2) is 9.12. The van der Waals surface area contributed by atoms with Crippen LogP contribution in [0.25, 0.3) is 33.2 Å². The second-order valence-electron chi connectivity index (χ2n) is 9.80. The van der Waals surface area contributed by atoms with E-state index in [1.54, 1.807) is 12.3 Å². The number of ether oxygens (including phenoxy) is 2. The molecule has 5 aromatic rings. The van der Waals surface area contributed by atoms with Gasteiger partial charge >= 0.3 is 0 Å². The van der Waals surface area contributed by atoms with Crippen molar-refractivity contribution < 1.29 is 22.7 Å². The topological polar surface area (TPSA) is 104 Å². The highest BCUT2D eigenvalue weighted by atomic mass is 19.3. The second-order valence-corrected chi connectivity index (χ2v) is 9.80. The molecule has 12 heteroatoms. The lowest BCUT2D eigenvalue weighted by molar-refractivity contribution is 0.0659. The summed E-state index contributed by atoms with van der Waals surface area (Å²) in [5.41, 5.74) is 2.75. The molecular weight excluding hydrogens is 496 g/mol. The van der Waals surface area contributed by atoms with E-state index in [4.69, 9.17) is 18.9 Å². The summed E-state index contributed by atoms with van der Waals surface area (Å²) in [6, 6.07) is 7.87. The van der Waals surface area contributed by atoms with Crippen molar-refractivity contribution in [3.63, 3.8) is 0 Å². The zero-order valence-corrected chi connectivity index (χ0v) is 20.6. The predicted octanol–water partition coefficient (Wildman–Crippen LogP) is 4.85. The summed E-state index contributed by atoms with van der Waals surface area (Å²) in [6.45, 7) is 3.78. The van der Waals surface area contributed by atoms with Gasteiger partial charge in [0.05, 0.1) is 12.7 Å². The Balaban J connectivity index is 1.25. The normalized spacial score (nSPS) is 20.9. The maximum absolute atomic E-state index is 13.8. The van der Waals surface area contributed by atoms with Crippen LogP contribution >= 0.6 is 0 Å². The molecule has 2 fully saturated rings. The number of halogens is 2. The Morgan fingerprint density at radius 1 is 1.11 bits per heavy atom. The van der Waals surface area contributed by atoms with Gasteiger partial charge in [-0.05, 0) is 31.9 Å². The number of rotatable bonds is 5. The van der Waals surface area contributed by atoms with Gasteiger partial charge in [-0.3, -0.25) is 4.57 Å². The Kier molecular flexibility index (Phi) is 5.57. The molecule has 7 rings (SSSR count). The molecule has 38 heavy (non-hydrogen) atoms. The number of anilines is 1. The Bertz CT molecular complexity index is 1630. The van der Waals surface area contributed by atoms with Gasteiger partial charge in [0.15, 0.2) is 22.9 Å². The average molecular weight is 522 g/mol. The molecule has 2 aliphatic heterocycles. The van der Waals surface area contributed by atoms with Crippen molar-refractivity contribution >= 4 is 39.1 Å². The number of furan rings is 1. The number of para-hydroxylation sites is 1. The van der Waals surface area contributed by atoms with Crippen molar-refractivity contribution in [1.29, 1.82) is 0 Å². The van der Waals surface area contributed by atoms with Crippen molar-refractivity contribution in [2.45, 2.75) is 50.8 Å². The Morgan fingerprint density at radius 2 is 1.95 bits per heavy atom. The molecule has 2 atom stereocenters. The van der Waals surface area contributed by atoms with E-state index in [1.165, 1.54) is 6.33 Å². The van der Waals surface area contributed by atoms with Crippen LogP contribution in [0.15, 0.2) is 41.2 Å². The molecule has 6 heterocycles. The van der Waals surface area contributed by atoms with Crippen LogP contribution in [-0.2, 0) is 4.74 Å². The lowest BCUT2D eigenvalue weighted by Crippen LogP contribution is -2.30. The molecule has 2 saturated heterocycles. The SMILES string of the molecule is C[C@@H]1C[C@H](Oc2nc3cncnc3n2C2CCOCC2)CN1c1nc(C(F)F)nc2c1oc1ccccc12. The van der Waals surface area contributed by atoms with Gasteiger partial charge in [-0.15, -0.1) is 0 Å². The van der Waals surface area contributed by atoms with E-state index < -0.39 is 12.2 Å². The van der Waals surface area contributed by atoms with E-state index in [9.17, 15) is 8.78 Å². The summed E-state index contributed by atoms with van der Waals surface area (Å²) in [7, 11) is 0. The lowest BCUT2D eigenvalue weighted by Gasteiger charge is -2.25. The summed E-state index contributed by atoms with van der Waals surface area (Å²) >= 11 is 0.